The first-order valence-electron chi connectivity index (χ1n) is 8.35. The van der Waals surface area contributed by atoms with E-state index in [1.807, 2.05) is 0 Å². The monoisotopic (exact) mass is 409 g/mol. The molecule has 0 spiro atoms. The molecule has 0 aliphatic carbocycles. The number of rotatable bonds is 5. The van der Waals surface area contributed by atoms with Gasteiger partial charge in [-0.3, -0.25) is 19.8 Å². The van der Waals surface area contributed by atoms with Crippen LogP contribution in [0.15, 0.2) is 28.7 Å². The minimum absolute atomic E-state index is 0.0584. The molecule has 3 heterocycles. The number of benzene rings is 1. The molecule has 1 amide bonds. The first kappa shape index (κ1) is 18.4. The lowest BCUT2D eigenvalue weighted by molar-refractivity contribution is -0.402. The number of furan rings is 1. The Hall–Kier alpha value is -2.92. The van der Waals surface area contributed by atoms with E-state index in [1.165, 1.54) is 11.0 Å². The summed E-state index contributed by atoms with van der Waals surface area (Å²) in [6, 6.07) is 4.11. The molecule has 4 rings (SSSR count). The second-order valence-corrected chi connectivity index (χ2v) is 7.19. The number of carbonyl (C=O) groups is 1. The van der Waals surface area contributed by atoms with Crippen LogP contribution in [0, 0.1) is 21.7 Å². The first-order valence-corrected chi connectivity index (χ1v) is 9.17. The van der Waals surface area contributed by atoms with Gasteiger partial charge in [0.15, 0.2) is 16.7 Å². The Morgan fingerprint density at radius 3 is 2.89 bits per heavy atom. The van der Waals surface area contributed by atoms with E-state index < -0.39 is 28.3 Å². The maximum atomic E-state index is 14.0. The minimum atomic E-state index is -0.837. The Bertz CT molecular complexity index is 1060. The third-order valence-corrected chi connectivity index (χ3v) is 5.30. The van der Waals surface area contributed by atoms with Gasteiger partial charge in [0.25, 0.3) is 5.91 Å². The number of halogens is 2. The lowest BCUT2D eigenvalue weighted by Crippen LogP contribution is -2.37. The molecule has 8 nitrogen and oxygen atoms in total. The number of ether oxygens (including phenoxy) is 1. The molecule has 1 aliphatic rings. The molecule has 0 N–H and O–H groups in total. The second-order valence-electron chi connectivity index (χ2n) is 6.18. The number of carbonyl (C=O) groups excluding carboxylic acids is 1. The number of aromatic nitrogens is 1. The summed E-state index contributed by atoms with van der Waals surface area (Å²) in [5, 5.41) is 10.9. The number of anilines is 1. The highest BCUT2D eigenvalue weighted by Crippen LogP contribution is 2.33. The van der Waals surface area contributed by atoms with Gasteiger partial charge in [-0.25, -0.2) is 13.8 Å². The van der Waals surface area contributed by atoms with Crippen LogP contribution in [-0.4, -0.2) is 35.1 Å². The zero-order valence-corrected chi connectivity index (χ0v) is 15.1. The lowest BCUT2D eigenvalue weighted by Gasteiger charge is -2.21. The van der Waals surface area contributed by atoms with Gasteiger partial charge >= 0.3 is 5.88 Å². The van der Waals surface area contributed by atoms with Crippen molar-refractivity contribution in [2.75, 3.05) is 18.1 Å². The van der Waals surface area contributed by atoms with E-state index in [0.29, 0.717) is 12.7 Å². The maximum Gasteiger partial charge on any atom is 0.433 e. The van der Waals surface area contributed by atoms with Gasteiger partial charge in [0, 0.05) is 12.7 Å². The van der Waals surface area contributed by atoms with Crippen molar-refractivity contribution in [2.24, 2.45) is 0 Å². The molecule has 0 saturated carbocycles. The molecule has 1 unspecified atom stereocenters. The number of nitro groups is 1. The average Bonchev–Trinajstić information content (AvgIpc) is 3.38. The van der Waals surface area contributed by atoms with Gasteiger partial charge in [-0.15, -0.1) is 0 Å². The maximum absolute atomic E-state index is 14.0. The van der Waals surface area contributed by atoms with Crippen LogP contribution in [0.4, 0.5) is 19.8 Å². The molecule has 3 aromatic rings. The molecule has 1 fully saturated rings. The normalized spacial score (nSPS) is 16.6. The second kappa shape index (κ2) is 7.24. The van der Waals surface area contributed by atoms with E-state index in [2.05, 4.69) is 4.98 Å². The molecule has 0 bridgehead atoms. The summed E-state index contributed by atoms with van der Waals surface area (Å²) in [6.45, 7) is 0.663. The smallest absolute Gasteiger partial charge is 0.395 e. The van der Waals surface area contributed by atoms with Crippen molar-refractivity contribution >= 4 is 38.5 Å². The number of fused-ring (bicyclic) bond motifs is 1. The topological polar surface area (TPSA) is 98.7 Å². The van der Waals surface area contributed by atoms with Crippen LogP contribution in [0.5, 0.6) is 0 Å². The standard InChI is InChI=1S/C17H13F2N3O5S/c18-9-6-11(19)15-13(7-9)28-17(20-15)21(8-10-2-1-5-26-10)16(23)12-3-4-14(27-12)22(24)25/h3-4,6-7,10H,1-2,5,8H2. The summed E-state index contributed by atoms with van der Waals surface area (Å²) >= 11 is 0.936. The summed E-state index contributed by atoms with van der Waals surface area (Å²) in [6.07, 6.45) is 1.29. The molecule has 2 aromatic heterocycles. The fourth-order valence-corrected chi connectivity index (χ4v) is 3.99. The SMILES string of the molecule is O=C(c1ccc([N+](=O)[O-])o1)N(CC1CCCO1)c1nc2c(F)cc(F)cc2s1. The van der Waals surface area contributed by atoms with Crippen LogP contribution in [0.3, 0.4) is 0 Å². The zero-order chi connectivity index (χ0) is 19.8. The molecule has 1 aromatic carbocycles. The van der Waals surface area contributed by atoms with Gasteiger partial charge < -0.3 is 9.15 Å². The molecular weight excluding hydrogens is 396 g/mol. The van der Waals surface area contributed by atoms with Crippen LogP contribution >= 0.6 is 11.3 Å². The van der Waals surface area contributed by atoms with Crippen LogP contribution in [-0.2, 0) is 4.74 Å². The molecule has 11 heteroatoms. The third kappa shape index (κ3) is 3.45. The molecule has 0 radical (unpaired) electrons. The number of thiazole rings is 1. The fourth-order valence-electron chi connectivity index (χ4n) is 2.97. The Kier molecular flexibility index (Phi) is 4.77. The molecule has 1 aliphatic heterocycles. The van der Waals surface area contributed by atoms with E-state index >= 15 is 0 Å². The predicted molar refractivity (Wildman–Crippen MR) is 95.5 cm³/mol. The quantitative estimate of drug-likeness (QED) is 0.468. The third-order valence-electron chi connectivity index (χ3n) is 4.27. The van der Waals surface area contributed by atoms with Gasteiger partial charge in [0.2, 0.25) is 0 Å². The van der Waals surface area contributed by atoms with E-state index in [9.17, 15) is 23.7 Å². The van der Waals surface area contributed by atoms with Crippen molar-refractivity contribution in [3.8, 4) is 0 Å². The lowest BCUT2D eigenvalue weighted by atomic mass is 10.2. The summed E-state index contributed by atoms with van der Waals surface area (Å²) in [5.41, 5.74) is -0.0584. The number of amides is 1. The van der Waals surface area contributed by atoms with Crippen molar-refractivity contribution in [1.82, 2.24) is 4.98 Å². The van der Waals surface area contributed by atoms with Gasteiger partial charge in [0.1, 0.15) is 16.3 Å². The van der Waals surface area contributed by atoms with E-state index in [1.54, 1.807) is 0 Å². The highest BCUT2D eigenvalue weighted by molar-refractivity contribution is 7.22. The van der Waals surface area contributed by atoms with Gasteiger partial charge in [-0.05, 0) is 25.0 Å². The summed E-state index contributed by atoms with van der Waals surface area (Å²) in [7, 11) is 0. The molecular formula is C17H13F2N3O5S. The molecule has 146 valence electrons. The average molecular weight is 409 g/mol. The fraction of sp³-hybridized carbons (Fsp3) is 0.294. The number of hydrogen-bond donors (Lipinski definition) is 0. The van der Waals surface area contributed by atoms with E-state index in [-0.39, 0.29) is 33.8 Å². The van der Waals surface area contributed by atoms with Crippen LogP contribution in [0.2, 0.25) is 0 Å². The van der Waals surface area contributed by atoms with E-state index in [4.69, 9.17) is 9.15 Å². The summed E-state index contributed by atoms with van der Waals surface area (Å²) in [4.78, 5) is 28.4. The molecule has 28 heavy (non-hydrogen) atoms. The van der Waals surface area contributed by atoms with Crippen LogP contribution in [0.25, 0.3) is 10.2 Å². The summed E-state index contributed by atoms with van der Waals surface area (Å²) in [5.74, 6) is -3.09. The Balaban J connectivity index is 1.73. The summed E-state index contributed by atoms with van der Waals surface area (Å²) < 4.78 is 38.3. The van der Waals surface area contributed by atoms with Crippen molar-refractivity contribution in [3.05, 3.63) is 51.8 Å². The largest absolute Gasteiger partial charge is 0.433 e. The number of hydrogen-bond acceptors (Lipinski definition) is 7. The van der Waals surface area contributed by atoms with E-state index in [0.717, 1.165) is 36.3 Å². The zero-order valence-electron chi connectivity index (χ0n) is 14.3. The van der Waals surface area contributed by atoms with Gasteiger partial charge in [-0.2, -0.15) is 0 Å². The highest BCUT2D eigenvalue weighted by atomic mass is 32.1. The molecule has 1 saturated heterocycles. The Morgan fingerprint density at radius 2 is 2.21 bits per heavy atom. The first-order chi connectivity index (χ1) is 13.4. The van der Waals surface area contributed by atoms with Crippen molar-refractivity contribution in [2.45, 2.75) is 18.9 Å². The Morgan fingerprint density at radius 1 is 1.39 bits per heavy atom. The van der Waals surface area contributed by atoms with Gasteiger partial charge in [0.05, 0.1) is 23.4 Å². The van der Waals surface area contributed by atoms with Crippen molar-refractivity contribution in [3.63, 3.8) is 0 Å². The van der Waals surface area contributed by atoms with Crippen LogP contribution < -0.4 is 4.90 Å². The van der Waals surface area contributed by atoms with Crippen molar-refractivity contribution in [1.29, 1.82) is 0 Å². The highest BCUT2D eigenvalue weighted by Gasteiger charge is 2.30. The van der Waals surface area contributed by atoms with Crippen molar-refractivity contribution < 1.29 is 27.7 Å². The Labute approximate surface area is 160 Å². The molecule has 1 atom stereocenters. The van der Waals surface area contributed by atoms with Gasteiger partial charge in [-0.1, -0.05) is 11.3 Å². The predicted octanol–water partition coefficient (Wildman–Crippen LogP) is 3.90. The van der Waals surface area contributed by atoms with Crippen LogP contribution in [0.1, 0.15) is 23.4 Å². The number of nitrogens with zero attached hydrogens (tertiary/aromatic N) is 3. The minimum Gasteiger partial charge on any atom is -0.395 e.